The smallest absolute Gasteiger partial charge is 0.269 e. The summed E-state index contributed by atoms with van der Waals surface area (Å²) in [6.07, 6.45) is 3.16. The fourth-order valence-electron chi connectivity index (χ4n) is 5.44. The molecule has 2 unspecified atom stereocenters. The lowest BCUT2D eigenvalue weighted by molar-refractivity contribution is -0.384. The zero-order chi connectivity index (χ0) is 24.2. The van der Waals surface area contributed by atoms with Gasteiger partial charge >= 0.3 is 0 Å². The summed E-state index contributed by atoms with van der Waals surface area (Å²) in [6.45, 7) is 7.15. The molecule has 0 spiro atoms. The molecule has 1 amide bonds. The van der Waals surface area contributed by atoms with E-state index in [0.29, 0.717) is 19.5 Å². The highest BCUT2D eigenvalue weighted by atomic mass is 16.6. The highest BCUT2D eigenvalue weighted by Crippen LogP contribution is 2.38. The van der Waals surface area contributed by atoms with Crippen LogP contribution >= 0.6 is 0 Å². The number of non-ortho nitro benzene ring substituents is 1. The SMILES string of the molecule is O=C(NCCCN1CCOCC1)C1Cc2cc([N+](=O)[O-])ccc2N2CCN(c3ccccn3)CC12. The first-order chi connectivity index (χ1) is 17.1. The number of carbonyl (C=O) groups is 1. The van der Waals surface area contributed by atoms with Gasteiger partial charge in [-0.15, -0.1) is 0 Å². The Morgan fingerprint density at radius 2 is 2.03 bits per heavy atom. The number of nitro groups is 1. The molecule has 35 heavy (non-hydrogen) atoms. The third kappa shape index (κ3) is 5.23. The van der Waals surface area contributed by atoms with Gasteiger partial charge in [0.2, 0.25) is 5.91 Å². The second kappa shape index (κ2) is 10.6. The number of amides is 1. The van der Waals surface area contributed by atoms with Gasteiger partial charge in [-0.25, -0.2) is 4.98 Å². The molecule has 0 saturated carbocycles. The lowest BCUT2D eigenvalue weighted by Crippen LogP contribution is -2.61. The van der Waals surface area contributed by atoms with Crippen LogP contribution in [0.4, 0.5) is 17.2 Å². The highest BCUT2D eigenvalue weighted by Gasteiger charge is 2.42. The quantitative estimate of drug-likeness (QED) is 0.363. The first-order valence-electron chi connectivity index (χ1n) is 12.4. The molecule has 2 atom stereocenters. The van der Waals surface area contributed by atoms with Crippen molar-refractivity contribution in [1.29, 1.82) is 0 Å². The molecule has 0 bridgehead atoms. The molecule has 3 aliphatic rings. The second-order valence-corrected chi connectivity index (χ2v) is 9.37. The summed E-state index contributed by atoms with van der Waals surface area (Å²) in [4.78, 5) is 35.8. The topological polar surface area (TPSA) is 104 Å². The molecule has 4 heterocycles. The molecule has 186 valence electrons. The monoisotopic (exact) mass is 480 g/mol. The minimum absolute atomic E-state index is 0.0157. The number of hydrogen-bond donors (Lipinski definition) is 1. The molecule has 0 radical (unpaired) electrons. The number of nitrogens with zero attached hydrogens (tertiary/aromatic N) is 5. The Morgan fingerprint density at radius 3 is 2.80 bits per heavy atom. The molecule has 1 aromatic heterocycles. The van der Waals surface area contributed by atoms with E-state index in [1.54, 1.807) is 18.3 Å². The van der Waals surface area contributed by atoms with Gasteiger partial charge in [-0.2, -0.15) is 0 Å². The first kappa shape index (κ1) is 23.5. The fraction of sp³-hybridized carbons (Fsp3) is 0.520. The molecule has 1 aromatic carbocycles. The number of nitrogens with one attached hydrogen (secondary N) is 1. The Hall–Kier alpha value is -3.24. The fourth-order valence-corrected chi connectivity index (χ4v) is 5.44. The Morgan fingerprint density at radius 1 is 1.17 bits per heavy atom. The Kier molecular flexibility index (Phi) is 7.10. The maximum Gasteiger partial charge on any atom is 0.269 e. The highest BCUT2D eigenvalue weighted by molar-refractivity contribution is 5.82. The molecular weight excluding hydrogens is 448 g/mol. The normalized spacial score (nSPS) is 22.3. The zero-order valence-corrected chi connectivity index (χ0v) is 19.8. The van der Waals surface area contributed by atoms with Crippen LogP contribution in [-0.2, 0) is 16.0 Å². The van der Waals surface area contributed by atoms with Crippen molar-refractivity contribution in [2.45, 2.75) is 18.9 Å². The number of aromatic nitrogens is 1. The molecule has 2 fully saturated rings. The van der Waals surface area contributed by atoms with Crippen molar-refractivity contribution < 1.29 is 14.5 Å². The van der Waals surface area contributed by atoms with E-state index < -0.39 is 0 Å². The number of benzene rings is 1. The number of ether oxygens (including phenoxy) is 1. The van der Waals surface area contributed by atoms with Gasteiger partial charge in [-0.3, -0.25) is 19.8 Å². The predicted molar refractivity (Wildman–Crippen MR) is 133 cm³/mol. The van der Waals surface area contributed by atoms with E-state index in [-0.39, 0.29) is 28.5 Å². The number of carbonyl (C=O) groups excluding carboxylic acids is 1. The first-order valence-corrected chi connectivity index (χ1v) is 12.4. The van der Waals surface area contributed by atoms with Crippen molar-refractivity contribution in [3.05, 3.63) is 58.3 Å². The number of nitro benzene ring substituents is 1. The molecule has 10 heteroatoms. The second-order valence-electron chi connectivity index (χ2n) is 9.37. The van der Waals surface area contributed by atoms with Gasteiger partial charge in [0, 0.05) is 63.3 Å². The van der Waals surface area contributed by atoms with Crippen LogP contribution in [0.2, 0.25) is 0 Å². The van der Waals surface area contributed by atoms with Crippen LogP contribution in [0.5, 0.6) is 0 Å². The maximum atomic E-state index is 13.4. The van der Waals surface area contributed by atoms with Crippen molar-refractivity contribution in [3.63, 3.8) is 0 Å². The standard InChI is InChI=1S/C25H32N6O4/c32-25(27-8-3-9-28-12-14-35-15-13-28)21-17-19-16-20(31(33)34)5-6-22(19)30-11-10-29(18-23(21)30)24-4-1-2-7-26-24/h1-2,4-7,16,21,23H,3,8-15,17-18H2,(H,27,32). The summed E-state index contributed by atoms with van der Waals surface area (Å²) in [7, 11) is 0. The third-order valence-electron chi connectivity index (χ3n) is 7.27. The van der Waals surface area contributed by atoms with Crippen LogP contribution in [0.1, 0.15) is 12.0 Å². The average Bonchev–Trinajstić information content (AvgIpc) is 2.91. The minimum atomic E-state index is -0.369. The van der Waals surface area contributed by atoms with Crippen LogP contribution in [-0.4, -0.2) is 85.8 Å². The van der Waals surface area contributed by atoms with Gasteiger partial charge in [-0.1, -0.05) is 6.07 Å². The summed E-state index contributed by atoms with van der Waals surface area (Å²) in [6, 6.07) is 10.9. The molecule has 0 aliphatic carbocycles. The van der Waals surface area contributed by atoms with Crippen molar-refractivity contribution in [3.8, 4) is 0 Å². The molecule has 2 saturated heterocycles. The number of fused-ring (bicyclic) bond motifs is 3. The van der Waals surface area contributed by atoms with Crippen LogP contribution in [0.15, 0.2) is 42.6 Å². The summed E-state index contributed by atoms with van der Waals surface area (Å²) >= 11 is 0. The van der Waals surface area contributed by atoms with Crippen molar-refractivity contribution >= 4 is 23.1 Å². The number of pyridine rings is 1. The Balaban J connectivity index is 1.31. The van der Waals surface area contributed by atoms with E-state index in [9.17, 15) is 14.9 Å². The van der Waals surface area contributed by atoms with Gasteiger partial charge in [0.05, 0.1) is 30.1 Å². The largest absolute Gasteiger partial charge is 0.379 e. The Bertz CT molecular complexity index is 1050. The molecule has 1 N–H and O–H groups in total. The molecule has 3 aliphatic heterocycles. The number of morpholine rings is 1. The predicted octanol–water partition coefficient (Wildman–Crippen LogP) is 1.70. The van der Waals surface area contributed by atoms with Crippen molar-refractivity contribution in [1.82, 2.24) is 15.2 Å². The maximum absolute atomic E-state index is 13.4. The van der Waals surface area contributed by atoms with Gasteiger partial charge in [0.1, 0.15) is 5.82 Å². The molecule has 10 nitrogen and oxygen atoms in total. The lowest BCUT2D eigenvalue weighted by atomic mass is 9.83. The van der Waals surface area contributed by atoms with E-state index in [1.807, 2.05) is 24.3 Å². The van der Waals surface area contributed by atoms with Crippen molar-refractivity contribution in [2.24, 2.45) is 5.92 Å². The van der Waals surface area contributed by atoms with Crippen LogP contribution < -0.4 is 15.1 Å². The number of rotatable bonds is 7. The minimum Gasteiger partial charge on any atom is -0.379 e. The van der Waals surface area contributed by atoms with E-state index in [0.717, 1.165) is 69.4 Å². The molecule has 2 aromatic rings. The van der Waals surface area contributed by atoms with E-state index in [4.69, 9.17) is 4.74 Å². The average molecular weight is 481 g/mol. The number of hydrogen-bond acceptors (Lipinski definition) is 8. The van der Waals surface area contributed by atoms with E-state index >= 15 is 0 Å². The zero-order valence-electron chi connectivity index (χ0n) is 19.8. The van der Waals surface area contributed by atoms with Gasteiger partial charge in [0.25, 0.3) is 5.69 Å². The third-order valence-corrected chi connectivity index (χ3v) is 7.27. The summed E-state index contributed by atoms with van der Waals surface area (Å²) in [5.41, 5.74) is 1.94. The van der Waals surface area contributed by atoms with Gasteiger partial charge < -0.3 is 19.9 Å². The van der Waals surface area contributed by atoms with E-state index in [2.05, 4.69) is 25.0 Å². The lowest BCUT2D eigenvalue weighted by Gasteiger charge is -2.49. The number of piperazine rings is 1. The Labute approximate surface area is 205 Å². The number of anilines is 2. The summed E-state index contributed by atoms with van der Waals surface area (Å²) in [5, 5.41) is 14.5. The molecule has 5 rings (SSSR count). The molecular formula is C25H32N6O4. The van der Waals surface area contributed by atoms with Crippen LogP contribution in [0, 0.1) is 16.0 Å². The van der Waals surface area contributed by atoms with Gasteiger partial charge in [-0.05, 0) is 43.1 Å². The van der Waals surface area contributed by atoms with Crippen LogP contribution in [0.3, 0.4) is 0 Å². The van der Waals surface area contributed by atoms with E-state index in [1.165, 1.54) is 0 Å². The van der Waals surface area contributed by atoms with Crippen LogP contribution in [0.25, 0.3) is 0 Å². The van der Waals surface area contributed by atoms with Gasteiger partial charge in [0.15, 0.2) is 0 Å². The van der Waals surface area contributed by atoms with Crippen molar-refractivity contribution in [2.75, 3.05) is 68.8 Å². The summed E-state index contributed by atoms with van der Waals surface area (Å²) < 4.78 is 5.40. The summed E-state index contributed by atoms with van der Waals surface area (Å²) in [5.74, 6) is 0.632.